The molecule has 4 rings (SSSR count). The van der Waals surface area contributed by atoms with Crippen LogP contribution in [-0.4, -0.2) is 37.8 Å². The first-order valence-electron chi connectivity index (χ1n) is 10.1. The summed E-state index contributed by atoms with van der Waals surface area (Å²) in [7, 11) is -4.19. The van der Waals surface area contributed by atoms with Crippen LogP contribution >= 0.6 is 0 Å². The Morgan fingerprint density at radius 1 is 1.12 bits per heavy atom. The average molecular weight is 484 g/mol. The molecule has 2 N–H and O–H groups in total. The first-order valence-corrected chi connectivity index (χ1v) is 11.8. The van der Waals surface area contributed by atoms with Gasteiger partial charge in [-0.25, -0.2) is 26.0 Å². The number of ketones is 1. The van der Waals surface area contributed by atoms with Gasteiger partial charge in [0.2, 0.25) is 11.8 Å². The van der Waals surface area contributed by atoms with E-state index in [1.807, 2.05) is 0 Å². The molecule has 0 saturated heterocycles. The minimum Gasteiger partial charge on any atom is -0.319 e. The highest BCUT2D eigenvalue weighted by Gasteiger charge is 2.46. The lowest BCUT2D eigenvalue weighted by molar-refractivity contribution is -0.119. The number of fused-ring (bicyclic) bond motifs is 1. The van der Waals surface area contributed by atoms with E-state index >= 15 is 0 Å². The smallest absolute Gasteiger partial charge is 0.248 e. The summed E-state index contributed by atoms with van der Waals surface area (Å²) >= 11 is 0. The molecular weight excluding hydrogens is 464 g/mol. The van der Waals surface area contributed by atoms with E-state index in [0.717, 1.165) is 23.1 Å². The molecule has 1 aliphatic carbocycles. The molecule has 1 fully saturated rings. The molecule has 6 nitrogen and oxygen atoms in total. The van der Waals surface area contributed by atoms with Crippen LogP contribution in [-0.2, 0) is 21.2 Å². The molecule has 0 spiro atoms. The molecule has 1 saturated carbocycles. The minimum absolute atomic E-state index is 0.205. The Kier molecular flexibility index (Phi) is 5.81. The normalized spacial score (nSPS) is 21.8. The summed E-state index contributed by atoms with van der Waals surface area (Å²) in [6, 6.07) is 5.27. The van der Waals surface area contributed by atoms with Crippen LogP contribution in [0.5, 0.6) is 0 Å². The number of nitrogens with zero attached hydrogens (tertiary/aromatic N) is 1. The number of halogens is 4. The highest BCUT2D eigenvalue weighted by Crippen LogP contribution is 2.45. The van der Waals surface area contributed by atoms with Crippen LogP contribution in [0, 0.1) is 17.6 Å². The summed E-state index contributed by atoms with van der Waals surface area (Å²) < 4.78 is 79.9. The monoisotopic (exact) mass is 484 g/mol. The van der Waals surface area contributed by atoms with Crippen molar-refractivity contribution >= 4 is 27.2 Å². The topological polar surface area (TPSA) is 97.5 Å². The third kappa shape index (κ3) is 4.65. The van der Waals surface area contributed by atoms with Gasteiger partial charge in [0.25, 0.3) is 0 Å². The Morgan fingerprint density at radius 2 is 1.76 bits per heavy atom. The lowest BCUT2D eigenvalue weighted by Gasteiger charge is -2.34. The van der Waals surface area contributed by atoms with Gasteiger partial charge in [-0.3, -0.25) is 9.59 Å². The number of alkyl halides is 2. The van der Waals surface area contributed by atoms with Crippen LogP contribution in [0.3, 0.4) is 0 Å². The van der Waals surface area contributed by atoms with E-state index in [1.54, 1.807) is 0 Å². The van der Waals surface area contributed by atoms with Gasteiger partial charge in [0.05, 0.1) is 34.5 Å². The zero-order valence-corrected chi connectivity index (χ0v) is 18.0. The molecule has 0 aromatic heterocycles. The predicted molar refractivity (Wildman–Crippen MR) is 111 cm³/mol. The summed E-state index contributed by atoms with van der Waals surface area (Å²) in [4.78, 5) is 26.1. The second-order valence-electron chi connectivity index (χ2n) is 8.50. The lowest BCUT2D eigenvalue weighted by Crippen LogP contribution is -2.45. The van der Waals surface area contributed by atoms with Gasteiger partial charge >= 0.3 is 0 Å². The van der Waals surface area contributed by atoms with Gasteiger partial charge in [-0.1, -0.05) is 12.1 Å². The van der Waals surface area contributed by atoms with E-state index < -0.39 is 80.1 Å². The fourth-order valence-corrected chi connectivity index (χ4v) is 5.74. The van der Waals surface area contributed by atoms with Gasteiger partial charge in [-0.15, -0.1) is 0 Å². The van der Waals surface area contributed by atoms with Crippen molar-refractivity contribution in [2.75, 3.05) is 10.7 Å². The van der Waals surface area contributed by atoms with Crippen LogP contribution in [0.25, 0.3) is 0 Å². The number of benzene rings is 2. The largest absolute Gasteiger partial charge is 0.319 e. The van der Waals surface area contributed by atoms with Gasteiger partial charge in [0.1, 0.15) is 11.6 Å². The molecule has 1 aliphatic heterocycles. The van der Waals surface area contributed by atoms with Crippen molar-refractivity contribution < 1.29 is 35.6 Å². The van der Waals surface area contributed by atoms with E-state index in [-0.39, 0.29) is 18.7 Å². The number of hydrogen-bond acceptors (Lipinski definition) is 5. The lowest BCUT2D eigenvalue weighted by atomic mass is 9.77. The van der Waals surface area contributed by atoms with Crippen LogP contribution < -0.4 is 10.6 Å². The van der Waals surface area contributed by atoms with Crippen LogP contribution in [0.2, 0.25) is 0 Å². The quantitative estimate of drug-likeness (QED) is 0.519. The number of carbonyl (C=O) groups is 2. The molecule has 11 heteroatoms. The van der Waals surface area contributed by atoms with Gasteiger partial charge in [0, 0.05) is 19.3 Å². The first-order chi connectivity index (χ1) is 15.4. The summed E-state index contributed by atoms with van der Waals surface area (Å²) in [6.45, 7) is -0.205. The fourth-order valence-electron chi connectivity index (χ4n) is 4.17. The van der Waals surface area contributed by atoms with Crippen molar-refractivity contribution in [2.45, 2.75) is 42.7 Å². The highest BCUT2D eigenvalue weighted by molar-refractivity contribution is 7.91. The second kappa shape index (κ2) is 8.21. The molecule has 0 bridgehead atoms. The molecule has 2 aromatic carbocycles. The van der Waals surface area contributed by atoms with Crippen molar-refractivity contribution in [3.8, 4) is 0 Å². The summed E-state index contributed by atoms with van der Waals surface area (Å²) in [5.74, 6) is -7.40. The van der Waals surface area contributed by atoms with E-state index in [1.165, 1.54) is 12.1 Å². The Balaban J connectivity index is 1.76. The first kappa shape index (κ1) is 23.4. The number of Topliss-reactive ketones (excluding diaryl/α,β-unsaturated/α-hetero) is 1. The minimum atomic E-state index is -4.19. The maximum absolute atomic E-state index is 14.8. The molecule has 2 aliphatic rings. The zero-order valence-electron chi connectivity index (χ0n) is 17.2. The summed E-state index contributed by atoms with van der Waals surface area (Å²) in [5.41, 5.74) is 5.50. The number of rotatable bonds is 5. The molecule has 176 valence electrons. The molecule has 1 amide bonds. The zero-order chi connectivity index (χ0) is 24.1. The second-order valence-corrected chi connectivity index (χ2v) is 10.5. The van der Waals surface area contributed by atoms with E-state index in [0.29, 0.717) is 11.6 Å². The molecule has 0 radical (unpaired) electrons. The van der Waals surface area contributed by atoms with E-state index in [4.69, 9.17) is 5.73 Å². The number of sulfone groups is 1. The number of nitrogens with two attached hydrogens (primary N) is 1. The molecule has 1 heterocycles. The Labute approximate surface area is 187 Å². The van der Waals surface area contributed by atoms with Crippen molar-refractivity contribution in [1.29, 1.82) is 0 Å². The van der Waals surface area contributed by atoms with Gasteiger partial charge in [-0.05, 0) is 35.7 Å². The maximum Gasteiger partial charge on any atom is 0.248 e. The predicted octanol–water partition coefficient (Wildman–Crippen LogP) is 3.23. The SMILES string of the molecule is N[C@H]1CS(=O)(=O)c2cc(F)c(C(=O)CC3CC(F)(F)C3)cc2N(Cc2ccc(F)cc2)C1=O. The standard InChI is InChI=1S/C22H20F4N2O4S/c23-14-3-1-12(2-4-14)10-28-18-6-15(19(29)5-13-8-22(25,26)9-13)16(24)7-20(18)33(31,32)11-17(27)21(28)30/h1-4,6-7,13,17H,5,8-11,27H2/t17-/m0/s1. The fraction of sp³-hybridized carbons (Fsp3) is 0.364. The van der Waals surface area contributed by atoms with Crippen molar-refractivity contribution in [3.05, 3.63) is 59.2 Å². The molecule has 33 heavy (non-hydrogen) atoms. The van der Waals surface area contributed by atoms with Crippen molar-refractivity contribution in [3.63, 3.8) is 0 Å². The maximum atomic E-state index is 14.8. The van der Waals surface area contributed by atoms with Crippen LogP contribution in [0.15, 0.2) is 41.3 Å². The third-order valence-electron chi connectivity index (χ3n) is 5.86. The molecular formula is C22H20F4N2O4S. The van der Waals surface area contributed by atoms with Crippen LogP contribution in [0.1, 0.15) is 35.2 Å². The number of anilines is 1. The number of carbonyl (C=O) groups excluding carboxylic acids is 2. The third-order valence-corrected chi connectivity index (χ3v) is 7.65. The van der Waals surface area contributed by atoms with Crippen molar-refractivity contribution in [1.82, 2.24) is 0 Å². The van der Waals surface area contributed by atoms with Crippen LogP contribution in [0.4, 0.5) is 23.2 Å². The van der Waals surface area contributed by atoms with Gasteiger partial charge in [0.15, 0.2) is 15.6 Å². The Hall–Kier alpha value is -2.79. The molecule has 2 aromatic rings. The van der Waals surface area contributed by atoms with Crippen molar-refractivity contribution in [2.24, 2.45) is 11.7 Å². The highest BCUT2D eigenvalue weighted by atomic mass is 32.2. The number of hydrogen-bond donors (Lipinski definition) is 1. The molecule has 1 atom stereocenters. The molecule has 0 unspecified atom stereocenters. The average Bonchev–Trinajstić information content (AvgIpc) is 2.76. The number of amides is 1. The summed E-state index contributed by atoms with van der Waals surface area (Å²) in [5, 5.41) is 0. The summed E-state index contributed by atoms with van der Waals surface area (Å²) in [6.07, 6.45) is -1.29. The van der Waals surface area contributed by atoms with Gasteiger partial charge < -0.3 is 10.6 Å². The Bertz CT molecular complexity index is 1220. The van der Waals surface area contributed by atoms with Gasteiger partial charge in [-0.2, -0.15) is 0 Å². The van der Waals surface area contributed by atoms with E-state index in [2.05, 4.69) is 0 Å². The Morgan fingerprint density at radius 3 is 2.36 bits per heavy atom. The van der Waals surface area contributed by atoms with E-state index in [9.17, 15) is 35.6 Å².